The van der Waals surface area contributed by atoms with Gasteiger partial charge in [0.25, 0.3) is 0 Å². The summed E-state index contributed by atoms with van der Waals surface area (Å²) in [6.45, 7) is 7.87. The molecule has 0 atom stereocenters. The van der Waals surface area contributed by atoms with Crippen LogP contribution in [0.4, 0.5) is 0 Å². The molecule has 2 fully saturated rings. The minimum Gasteiger partial charge on any atom is -0.494 e. The smallest absolute Gasteiger partial charge is 0.225 e. The van der Waals surface area contributed by atoms with Crippen molar-refractivity contribution in [3.63, 3.8) is 0 Å². The molecule has 0 radical (unpaired) electrons. The third kappa shape index (κ3) is 4.96. The van der Waals surface area contributed by atoms with Gasteiger partial charge in [0.05, 0.1) is 12.5 Å². The topological polar surface area (TPSA) is 41.6 Å². The minimum absolute atomic E-state index is 0.189. The number of carbonyl (C=O) groups excluding carboxylic acids is 1. The lowest BCUT2D eigenvalue weighted by atomic mass is 9.98. The molecule has 0 bridgehead atoms. The van der Waals surface area contributed by atoms with Gasteiger partial charge in [0.2, 0.25) is 5.91 Å². The lowest BCUT2D eigenvalue weighted by Gasteiger charge is -2.38. The van der Waals surface area contributed by atoms with Gasteiger partial charge in [0.1, 0.15) is 5.75 Å². The average Bonchev–Trinajstić information content (AvgIpc) is 3.27. The maximum Gasteiger partial charge on any atom is 0.225 e. The molecule has 1 aliphatic carbocycles. The number of ether oxygens (including phenoxy) is 1. The number of hydrogen-bond donors (Lipinski definition) is 1. The third-order valence-electron chi connectivity index (χ3n) is 4.55. The van der Waals surface area contributed by atoms with Crippen LogP contribution in [-0.4, -0.2) is 36.5 Å². The highest BCUT2D eigenvalue weighted by molar-refractivity contribution is 5.80. The highest BCUT2D eigenvalue weighted by atomic mass is 16.5. The van der Waals surface area contributed by atoms with E-state index >= 15 is 0 Å². The van der Waals surface area contributed by atoms with E-state index in [9.17, 15) is 4.79 Å². The van der Waals surface area contributed by atoms with Crippen LogP contribution < -0.4 is 10.1 Å². The van der Waals surface area contributed by atoms with Crippen molar-refractivity contribution in [3.05, 3.63) is 29.8 Å². The minimum atomic E-state index is 0.189. The van der Waals surface area contributed by atoms with Crippen molar-refractivity contribution in [3.8, 4) is 5.75 Å². The molecule has 0 spiro atoms. The van der Waals surface area contributed by atoms with Crippen LogP contribution in [0.15, 0.2) is 24.3 Å². The van der Waals surface area contributed by atoms with Crippen molar-refractivity contribution in [2.75, 3.05) is 19.7 Å². The summed E-state index contributed by atoms with van der Waals surface area (Å²) >= 11 is 0. The summed E-state index contributed by atoms with van der Waals surface area (Å²) in [5, 5.41) is 3.09. The average molecular weight is 316 g/mol. The second kappa shape index (κ2) is 7.35. The Bertz CT molecular complexity index is 517. The van der Waals surface area contributed by atoms with Gasteiger partial charge >= 0.3 is 0 Å². The van der Waals surface area contributed by atoms with Crippen molar-refractivity contribution in [2.24, 2.45) is 11.8 Å². The SMILES string of the molecule is CC(C)CCOc1ccc(CN2CC(C(=O)NC3CC3)C2)cc1. The number of likely N-dealkylation sites (tertiary alicyclic amines) is 1. The van der Waals surface area contributed by atoms with Gasteiger partial charge in [-0.15, -0.1) is 0 Å². The Morgan fingerprint density at radius 3 is 2.57 bits per heavy atom. The molecule has 3 rings (SSSR count). The highest BCUT2D eigenvalue weighted by Gasteiger charge is 2.35. The van der Waals surface area contributed by atoms with E-state index in [1.54, 1.807) is 0 Å². The molecule has 1 aliphatic heterocycles. The molecule has 0 aromatic heterocycles. The number of amides is 1. The molecule has 1 saturated carbocycles. The van der Waals surface area contributed by atoms with E-state index in [0.717, 1.165) is 51.3 Å². The summed E-state index contributed by atoms with van der Waals surface area (Å²) in [5.74, 6) is 2.05. The molecule has 4 heteroatoms. The fraction of sp³-hybridized carbons (Fsp3) is 0.632. The molecule has 1 aromatic rings. The summed E-state index contributed by atoms with van der Waals surface area (Å²) in [5.41, 5.74) is 1.28. The summed E-state index contributed by atoms with van der Waals surface area (Å²) < 4.78 is 5.74. The van der Waals surface area contributed by atoms with Gasteiger partial charge in [-0.2, -0.15) is 0 Å². The van der Waals surface area contributed by atoms with Gasteiger partial charge in [-0.25, -0.2) is 0 Å². The molecule has 1 N–H and O–H groups in total. The summed E-state index contributed by atoms with van der Waals surface area (Å²) in [6.07, 6.45) is 3.40. The molecule has 2 aliphatic rings. The first-order valence-corrected chi connectivity index (χ1v) is 8.84. The largest absolute Gasteiger partial charge is 0.494 e. The molecule has 1 heterocycles. The molecule has 1 aromatic carbocycles. The van der Waals surface area contributed by atoms with E-state index in [4.69, 9.17) is 4.74 Å². The summed E-state index contributed by atoms with van der Waals surface area (Å²) in [6, 6.07) is 8.82. The number of nitrogens with one attached hydrogen (secondary N) is 1. The van der Waals surface area contributed by atoms with Crippen LogP contribution in [0.25, 0.3) is 0 Å². The Labute approximate surface area is 139 Å². The lowest BCUT2D eigenvalue weighted by Crippen LogP contribution is -2.53. The highest BCUT2D eigenvalue weighted by Crippen LogP contribution is 2.23. The molecule has 0 unspecified atom stereocenters. The predicted octanol–water partition coefficient (Wildman–Crippen LogP) is 2.82. The number of benzene rings is 1. The zero-order valence-corrected chi connectivity index (χ0v) is 14.3. The Morgan fingerprint density at radius 1 is 1.26 bits per heavy atom. The van der Waals surface area contributed by atoms with Crippen molar-refractivity contribution >= 4 is 5.91 Å². The molecule has 1 saturated heterocycles. The second-order valence-electron chi connectivity index (χ2n) is 7.35. The Morgan fingerprint density at radius 2 is 1.96 bits per heavy atom. The van der Waals surface area contributed by atoms with Gasteiger partial charge in [-0.3, -0.25) is 9.69 Å². The van der Waals surface area contributed by atoms with Gasteiger partial charge in [0, 0.05) is 25.7 Å². The van der Waals surface area contributed by atoms with Gasteiger partial charge < -0.3 is 10.1 Å². The monoisotopic (exact) mass is 316 g/mol. The zero-order valence-electron chi connectivity index (χ0n) is 14.3. The summed E-state index contributed by atoms with van der Waals surface area (Å²) in [7, 11) is 0. The van der Waals surface area contributed by atoms with Gasteiger partial charge in [0.15, 0.2) is 0 Å². The lowest BCUT2D eigenvalue weighted by molar-refractivity contribution is -0.130. The standard InChI is InChI=1S/C19H28N2O2/c1-14(2)9-10-23-18-7-3-15(4-8-18)11-21-12-16(13-21)19(22)20-17-5-6-17/h3-4,7-8,14,16-17H,5-6,9-13H2,1-2H3,(H,20,22). The number of nitrogens with zero attached hydrogens (tertiary/aromatic N) is 1. The first-order valence-electron chi connectivity index (χ1n) is 8.84. The van der Waals surface area contributed by atoms with Crippen molar-refractivity contribution in [2.45, 2.75) is 45.7 Å². The van der Waals surface area contributed by atoms with E-state index < -0.39 is 0 Å². The second-order valence-corrected chi connectivity index (χ2v) is 7.35. The zero-order chi connectivity index (χ0) is 16.2. The van der Waals surface area contributed by atoms with Crippen LogP contribution in [0.1, 0.15) is 38.7 Å². The normalized spacial score (nSPS) is 18.7. The quantitative estimate of drug-likeness (QED) is 0.802. The van der Waals surface area contributed by atoms with Crippen LogP contribution in [0.3, 0.4) is 0 Å². The van der Waals surface area contributed by atoms with Crippen LogP contribution in [0, 0.1) is 11.8 Å². The van der Waals surface area contributed by atoms with E-state index in [2.05, 4.69) is 36.2 Å². The first-order chi connectivity index (χ1) is 11.1. The number of hydrogen-bond acceptors (Lipinski definition) is 3. The molecule has 4 nitrogen and oxygen atoms in total. The maximum absolute atomic E-state index is 11.9. The van der Waals surface area contributed by atoms with Gasteiger partial charge in [-0.05, 0) is 42.9 Å². The van der Waals surface area contributed by atoms with Crippen LogP contribution >= 0.6 is 0 Å². The first kappa shape index (κ1) is 16.3. The van der Waals surface area contributed by atoms with Crippen molar-refractivity contribution in [1.82, 2.24) is 10.2 Å². The Kier molecular flexibility index (Phi) is 5.21. The molecular weight excluding hydrogens is 288 g/mol. The molecule has 126 valence electrons. The predicted molar refractivity (Wildman–Crippen MR) is 91.3 cm³/mol. The van der Waals surface area contributed by atoms with Crippen LogP contribution in [0.5, 0.6) is 5.75 Å². The van der Waals surface area contributed by atoms with E-state index in [-0.39, 0.29) is 11.8 Å². The van der Waals surface area contributed by atoms with E-state index in [1.165, 1.54) is 5.56 Å². The van der Waals surface area contributed by atoms with Crippen LogP contribution in [0.2, 0.25) is 0 Å². The molecular formula is C19H28N2O2. The Hall–Kier alpha value is -1.55. The summed E-state index contributed by atoms with van der Waals surface area (Å²) in [4.78, 5) is 14.2. The third-order valence-corrected chi connectivity index (χ3v) is 4.55. The van der Waals surface area contributed by atoms with Gasteiger partial charge in [-0.1, -0.05) is 26.0 Å². The number of rotatable bonds is 8. The molecule has 23 heavy (non-hydrogen) atoms. The maximum atomic E-state index is 11.9. The van der Waals surface area contributed by atoms with E-state index in [0.29, 0.717) is 12.0 Å². The molecule has 1 amide bonds. The fourth-order valence-electron chi connectivity index (χ4n) is 2.77. The number of carbonyl (C=O) groups is 1. The van der Waals surface area contributed by atoms with Crippen molar-refractivity contribution < 1.29 is 9.53 Å². The fourth-order valence-corrected chi connectivity index (χ4v) is 2.77. The Balaban J connectivity index is 1.36. The van der Waals surface area contributed by atoms with E-state index in [1.807, 2.05) is 12.1 Å². The van der Waals surface area contributed by atoms with Crippen LogP contribution in [-0.2, 0) is 11.3 Å². The van der Waals surface area contributed by atoms with Crippen molar-refractivity contribution in [1.29, 1.82) is 0 Å².